The summed E-state index contributed by atoms with van der Waals surface area (Å²) in [5, 5.41) is 2.98. The number of rotatable bonds is 4. The van der Waals surface area contributed by atoms with E-state index in [0.29, 0.717) is 11.2 Å². The standard InChI is InChI=1S/C23H26N4O2/c1-16(2)17-10-4-5-11-18(17)24-22(28)21-25-20(19-12-6-9-15-27(19)21)23(29)26-13-7-3-8-14-26/h4-6,9-12,15-16H,3,7-8,13-14H2,1-2H3,(H,24,28). The Labute approximate surface area is 170 Å². The number of aromatic nitrogens is 2. The highest BCUT2D eigenvalue weighted by atomic mass is 16.2. The highest BCUT2D eigenvalue weighted by Gasteiger charge is 2.26. The van der Waals surface area contributed by atoms with Gasteiger partial charge in [0.2, 0.25) is 5.82 Å². The maximum Gasteiger partial charge on any atom is 0.292 e. The van der Waals surface area contributed by atoms with E-state index in [-0.39, 0.29) is 23.6 Å². The number of imidazole rings is 1. The number of benzene rings is 1. The summed E-state index contributed by atoms with van der Waals surface area (Å²) < 4.78 is 1.70. The maximum atomic E-state index is 13.1. The summed E-state index contributed by atoms with van der Waals surface area (Å²) in [6.07, 6.45) is 4.95. The summed E-state index contributed by atoms with van der Waals surface area (Å²) in [5.74, 6) is 0.0753. The molecule has 3 aromatic rings. The number of pyridine rings is 1. The summed E-state index contributed by atoms with van der Waals surface area (Å²) in [5.41, 5.74) is 2.83. The first-order valence-corrected chi connectivity index (χ1v) is 10.2. The van der Waals surface area contributed by atoms with Crippen LogP contribution >= 0.6 is 0 Å². The van der Waals surface area contributed by atoms with E-state index in [9.17, 15) is 9.59 Å². The van der Waals surface area contributed by atoms with Crippen molar-refractivity contribution in [2.75, 3.05) is 18.4 Å². The molecule has 150 valence electrons. The zero-order chi connectivity index (χ0) is 20.4. The Morgan fingerprint density at radius 2 is 1.72 bits per heavy atom. The van der Waals surface area contributed by atoms with Gasteiger partial charge in [0.25, 0.3) is 11.8 Å². The number of nitrogens with zero attached hydrogens (tertiary/aromatic N) is 3. The fourth-order valence-electron chi connectivity index (χ4n) is 3.89. The van der Waals surface area contributed by atoms with E-state index < -0.39 is 0 Å². The van der Waals surface area contributed by atoms with Crippen LogP contribution in [0.15, 0.2) is 48.7 Å². The Balaban J connectivity index is 1.69. The number of nitrogens with one attached hydrogen (secondary N) is 1. The van der Waals surface area contributed by atoms with Gasteiger partial charge in [0.1, 0.15) is 0 Å². The van der Waals surface area contributed by atoms with Gasteiger partial charge in [-0.2, -0.15) is 0 Å². The van der Waals surface area contributed by atoms with Gasteiger partial charge in [-0.3, -0.25) is 14.0 Å². The molecule has 1 aliphatic heterocycles. The summed E-state index contributed by atoms with van der Waals surface area (Å²) in [6.45, 7) is 5.67. The zero-order valence-electron chi connectivity index (χ0n) is 16.9. The van der Waals surface area contributed by atoms with Gasteiger partial charge in [-0.1, -0.05) is 38.1 Å². The Kier molecular flexibility index (Phi) is 5.34. The second kappa shape index (κ2) is 8.07. The normalized spacial score (nSPS) is 14.4. The number of piperidine rings is 1. The number of likely N-dealkylation sites (tertiary alicyclic amines) is 1. The largest absolute Gasteiger partial charge is 0.337 e. The molecule has 1 aliphatic rings. The Morgan fingerprint density at radius 3 is 2.48 bits per heavy atom. The smallest absolute Gasteiger partial charge is 0.292 e. The van der Waals surface area contributed by atoms with Crippen molar-refractivity contribution in [2.45, 2.75) is 39.0 Å². The molecule has 1 N–H and O–H groups in total. The van der Waals surface area contributed by atoms with Crippen molar-refractivity contribution in [2.24, 2.45) is 0 Å². The highest BCUT2D eigenvalue weighted by Crippen LogP contribution is 2.25. The van der Waals surface area contributed by atoms with E-state index in [1.165, 1.54) is 0 Å². The molecule has 6 heteroatoms. The first kappa shape index (κ1) is 19.2. The monoisotopic (exact) mass is 390 g/mol. The number of hydrogen-bond donors (Lipinski definition) is 1. The highest BCUT2D eigenvalue weighted by molar-refractivity contribution is 6.06. The number of fused-ring (bicyclic) bond motifs is 1. The minimum Gasteiger partial charge on any atom is -0.337 e. The predicted octanol–water partition coefficient (Wildman–Crippen LogP) is 4.34. The van der Waals surface area contributed by atoms with Crippen LogP contribution in [0.1, 0.15) is 65.7 Å². The van der Waals surface area contributed by atoms with E-state index in [4.69, 9.17) is 0 Å². The number of amides is 2. The molecule has 0 unspecified atom stereocenters. The second-order valence-electron chi connectivity index (χ2n) is 7.79. The van der Waals surface area contributed by atoms with Crippen molar-refractivity contribution in [3.8, 4) is 0 Å². The van der Waals surface area contributed by atoms with Gasteiger partial charge in [0.05, 0.1) is 5.52 Å². The van der Waals surface area contributed by atoms with Crippen LogP contribution in [-0.4, -0.2) is 39.2 Å². The van der Waals surface area contributed by atoms with Crippen LogP contribution < -0.4 is 5.32 Å². The van der Waals surface area contributed by atoms with E-state index in [1.54, 1.807) is 10.6 Å². The molecule has 0 bridgehead atoms. The lowest BCUT2D eigenvalue weighted by atomic mass is 10.0. The molecule has 0 spiro atoms. The molecule has 4 rings (SSSR count). The van der Waals surface area contributed by atoms with Crippen LogP contribution in [-0.2, 0) is 0 Å². The number of hydrogen-bond acceptors (Lipinski definition) is 3. The molecule has 1 saturated heterocycles. The first-order valence-electron chi connectivity index (χ1n) is 10.2. The summed E-state index contributed by atoms with van der Waals surface area (Å²) in [4.78, 5) is 32.5. The number of carbonyl (C=O) groups is 2. The summed E-state index contributed by atoms with van der Waals surface area (Å²) in [7, 11) is 0. The topological polar surface area (TPSA) is 66.7 Å². The van der Waals surface area contributed by atoms with Crippen molar-refractivity contribution >= 4 is 23.0 Å². The minimum atomic E-state index is -0.322. The Bertz CT molecular complexity index is 1050. The third-order valence-corrected chi connectivity index (χ3v) is 5.43. The van der Waals surface area contributed by atoms with Gasteiger partial charge < -0.3 is 10.2 Å². The van der Waals surface area contributed by atoms with Crippen LogP contribution in [0, 0.1) is 0 Å². The zero-order valence-corrected chi connectivity index (χ0v) is 16.9. The van der Waals surface area contributed by atoms with E-state index in [2.05, 4.69) is 24.1 Å². The fraction of sp³-hybridized carbons (Fsp3) is 0.348. The molecule has 0 atom stereocenters. The molecular weight excluding hydrogens is 364 g/mol. The molecule has 29 heavy (non-hydrogen) atoms. The van der Waals surface area contributed by atoms with Crippen LogP contribution in [0.4, 0.5) is 5.69 Å². The number of anilines is 1. The molecule has 3 heterocycles. The van der Waals surface area contributed by atoms with E-state index in [1.807, 2.05) is 47.4 Å². The van der Waals surface area contributed by atoms with Crippen LogP contribution in [0.3, 0.4) is 0 Å². The van der Waals surface area contributed by atoms with E-state index in [0.717, 1.165) is 43.6 Å². The van der Waals surface area contributed by atoms with Gasteiger partial charge >= 0.3 is 0 Å². The van der Waals surface area contributed by atoms with Crippen LogP contribution in [0.2, 0.25) is 0 Å². The van der Waals surface area contributed by atoms with Gasteiger partial charge in [0.15, 0.2) is 5.69 Å². The lowest BCUT2D eigenvalue weighted by molar-refractivity contribution is 0.0721. The fourth-order valence-corrected chi connectivity index (χ4v) is 3.89. The molecule has 0 radical (unpaired) electrons. The van der Waals surface area contributed by atoms with Crippen molar-refractivity contribution in [3.05, 3.63) is 65.7 Å². The number of carbonyl (C=O) groups excluding carboxylic acids is 2. The SMILES string of the molecule is CC(C)c1ccccc1NC(=O)c1nc(C(=O)N2CCCCC2)c2ccccn12. The molecule has 0 aliphatic carbocycles. The van der Waals surface area contributed by atoms with Crippen molar-refractivity contribution in [1.82, 2.24) is 14.3 Å². The average molecular weight is 390 g/mol. The Morgan fingerprint density at radius 1 is 1.00 bits per heavy atom. The van der Waals surface area contributed by atoms with Crippen LogP contribution in [0.25, 0.3) is 5.52 Å². The molecule has 1 aromatic carbocycles. The van der Waals surface area contributed by atoms with Gasteiger partial charge in [-0.05, 0) is 48.9 Å². The van der Waals surface area contributed by atoms with Gasteiger partial charge in [-0.15, -0.1) is 0 Å². The molecule has 2 aromatic heterocycles. The number of para-hydroxylation sites is 1. The lowest BCUT2D eigenvalue weighted by Crippen LogP contribution is -2.36. The van der Waals surface area contributed by atoms with Crippen molar-refractivity contribution < 1.29 is 9.59 Å². The molecule has 0 saturated carbocycles. The first-order chi connectivity index (χ1) is 14.1. The second-order valence-corrected chi connectivity index (χ2v) is 7.79. The van der Waals surface area contributed by atoms with Crippen molar-refractivity contribution in [3.63, 3.8) is 0 Å². The summed E-state index contributed by atoms with van der Waals surface area (Å²) >= 11 is 0. The Hall–Kier alpha value is -3.15. The predicted molar refractivity (Wildman–Crippen MR) is 113 cm³/mol. The average Bonchev–Trinajstić information content (AvgIpc) is 3.14. The van der Waals surface area contributed by atoms with Crippen molar-refractivity contribution in [1.29, 1.82) is 0 Å². The molecule has 2 amide bonds. The third kappa shape index (κ3) is 3.75. The third-order valence-electron chi connectivity index (χ3n) is 5.43. The minimum absolute atomic E-state index is 0.102. The van der Waals surface area contributed by atoms with Crippen LogP contribution in [0.5, 0.6) is 0 Å². The molecule has 1 fully saturated rings. The van der Waals surface area contributed by atoms with Gasteiger partial charge in [-0.25, -0.2) is 4.98 Å². The lowest BCUT2D eigenvalue weighted by Gasteiger charge is -2.25. The maximum absolute atomic E-state index is 13.1. The molecule has 6 nitrogen and oxygen atoms in total. The quantitative estimate of drug-likeness (QED) is 0.721. The molecular formula is C23H26N4O2. The summed E-state index contributed by atoms with van der Waals surface area (Å²) in [6, 6.07) is 13.3. The van der Waals surface area contributed by atoms with E-state index >= 15 is 0 Å². The van der Waals surface area contributed by atoms with Gasteiger partial charge in [0, 0.05) is 25.0 Å².